The molecule has 0 aliphatic heterocycles. The molecule has 0 saturated heterocycles. The van der Waals surface area contributed by atoms with Gasteiger partial charge in [-0.25, -0.2) is 0 Å². The standard InChI is InChI=1S/C14H12Cl2N2O3/c1-8(9-2-4-11(5-3-9)18(20)21)17-10-6-12(15)14(19)13(16)7-10/h2-8,17,19H,1H3. The zero-order chi connectivity index (χ0) is 15.6. The van der Waals surface area contributed by atoms with Crippen LogP contribution in [0.3, 0.4) is 0 Å². The number of phenols is 1. The summed E-state index contributed by atoms with van der Waals surface area (Å²) in [6, 6.07) is 9.27. The molecule has 110 valence electrons. The normalized spacial score (nSPS) is 12.0. The van der Waals surface area contributed by atoms with Gasteiger partial charge in [-0.1, -0.05) is 35.3 Å². The molecule has 7 heteroatoms. The number of aromatic hydroxyl groups is 1. The van der Waals surface area contributed by atoms with Crippen LogP contribution >= 0.6 is 23.2 Å². The van der Waals surface area contributed by atoms with Crippen molar-refractivity contribution >= 4 is 34.6 Å². The number of non-ortho nitro benzene ring substituents is 1. The molecule has 21 heavy (non-hydrogen) atoms. The smallest absolute Gasteiger partial charge is 0.269 e. The van der Waals surface area contributed by atoms with Gasteiger partial charge < -0.3 is 10.4 Å². The molecule has 0 saturated carbocycles. The Morgan fingerprint density at radius 1 is 1.19 bits per heavy atom. The molecular weight excluding hydrogens is 315 g/mol. The largest absolute Gasteiger partial charge is 0.505 e. The Labute approximate surface area is 131 Å². The van der Waals surface area contributed by atoms with Crippen molar-refractivity contribution in [2.24, 2.45) is 0 Å². The van der Waals surface area contributed by atoms with Crippen LogP contribution in [0.2, 0.25) is 10.0 Å². The van der Waals surface area contributed by atoms with E-state index in [1.54, 1.807) is 24.3 Å². The molecule has 0 aliphatic carbocycles. The summed E-state index contributed by atoms with van der Waals surface area (Å²) in [6.07, 6.45) is 0. The molecule has 0 fully saturated rings. The lowest BCUT2D eigenvalue weighted by molar-refractivity contribution is -0.384. The minimum atomic E-state index is -0.443. The Hall–Kier alpha value is -1.98. The lowest BCUT2D eigenvalue weighted by atomic mass is 10.1. The minimum absolute atomic E-state index is 0.0432. The van der Waals surface area contributed by atoms with E-state index in [2.05, 4.69) is 5.32 Å². The zero-order valence-corrected chi connectivity index (χ0v) is 12.5. The fraction of sp³-hybridized carbons (Fsp3) is 0.143. The number of benzene rings is 2. The van der Waals surface area contributed by atoms with Crippen molar-refractivity contribution in [3.05, 3.63) is 62.1 Å². The van der Waals surface area contributed by atoms with Crippen molar-refractivity contribution in [3.63, 3.8) is 0 Å². The lowest BCUT2D eigenvalue weighted by Gasteiger charge is -2.16. The number of nitro groups is 1. The average molecular weight is 327 g/mol. The highest BCUT2D eigenvalue weighted by molar-refractivity contribution is 6.37. The molecular formula is C14H12Cl2N2O3. The van der Waals surface area contributed by atoms with Gasteiger partial charge in [-0.15, -0.1) is 0 Å². The Kier molecular flexibility index (Phi) is 4.55. The quantitative estimate of drug-likeness (QED) is 0.481. The van der Waals surface area contributed by atoms with Crippen LogP contribution in [0.5, 0.6) is 5.75 Å². The Morgan fingerprint density at radius 3 is 2.19 bits per heavy atom. The Morgan fingerprint density at radius 2 is 1.71 bits per heavy atom. The van der Waals surface area contributed by atoms with E-state index in [9.17, 15) is 15.2 Å². The third kappa shape index (κ3) is 3.56. The van der Waals surface area contributed by atoms with Crippen LogP contribution in [-0.4, -0.2) is 10.0 Å². The lowest BCUT2D eigenvalue weighted by Crippen LogP contribution is -2.06. The number of nitrogens with one attached hydrogen (secondary N) is 1. The molecule has 5 nitrogen and oxygen atoms in total. The van der Waals surface area contributed by atoms with Crippen molar-refractivity contribution in [2.75, 3.05) is 5.32 Å². The summed E-state index contributed by atoms with van der Waals surface area (Å²) in [5, 5.41) is 23.6. The molecule has 2 rings (SSSR count). The number of phenolic OH excluding ortho intramolecular Hbond substituents is 1. The van der Waals surface area contributed by atoms with Crippen LogP contribution in [-0.2, 0) is 0 Å². The molecule has 2 aromatic rings. The van der Waals surface area contributed by atoms with Gasteiger partial charge in [0.2, 0.25) is 0 Å². The van der Waals surface area contributed by atoms with E-state index in [1.165, 1.54) is 12.1 Å². The summed E-state index contributed by atoms with van der Waals surface area (Å²) in [5.74, 6) is -0.160. The first-order valence-electron chi connectivity index (χ1n) is 6.07. The molecule has 2 aromatic carbocycles. The van der Waals surface area contributed by atoms with Crippen molar-refractivity contribution in [2.45, 2.75) is 13.0 Å². The van der Waals surface area contributed by atoms with Gasteiger partial charge in [-0.05, 0) is 24.6 Å². The van der Waals surface area contributed by atoms with Crippen molar-refractivity contribution < 1.29 is 10.0 Å². The highest BCUT2D eigenvalue weighted by atomic mass is 35.5. The van der Waals surface area contributed by atoms with Crippen molar-refractivity contribution in [3.8, 4) is 5.75 Å². The predicted octanol–water partition coefficient (Wildman–Crippen LogP) is 4.78. The summed E-state index contributed by atoms with van der Waals surface area (Å²) >= 11 is 11.7. The third-order valence-electron chi connectivity index (χ3n) is 3.00. The van der Waals surface area contributed by atoms with Gasteiger partial charge in [-0.3, -0.25) is 10.1 Å². The number of nitro benzene ring substituents is 1. The van der Waals surface area contributed by atoms with Gasteiger partial charge in [0, 0.05) is 23.9 Å². The molecule has 0 radical (unpaired) electrons. The van der Waals surface area contributed by atoms with Gasteiger partial charge in [0.25, 0.3) is 5.69 Å². The van der Waals surface area contributed by atoms with E-state index in [4.69, 9.17) is 23.2 Å². The molecule has 1 unspecified atom stereocenters. The number of anilines is 1. The Balaban J connectivity index is 2.17. The van der Waals surface area contributed by atoms with E-state index in [0.29, 0.717) is 5.69 Å². The van der Waals surface area contributed by atoms with Gasteiger partial charge in [0.05, 0.1) is 15.0 Å². The summed E-state index contributed by atoms with van der Waals surface area (Å²) in [6.45, 7) is 1.90. The fourth-order valence-electron chi connectivity index (χ4n) is 1.87. The van der Waals surface area contributed by atoms with Gasteiger partial charge in [-0.2, -0.15) is 0 Å². The van der Waals surface area contributed by atoms with E-state index in [-0.39, 0.29) is 27.5 Å². The summed E-state index contributed by atoms with van der Waals surface area (Å²) in [7, 11) is 0. The van der Waals surface area contributed by atoms with E-state index < -0.39 is 4.92 Å². The van der Waals surface area contributed by atoms with E-state index >= 15 is 0 Å². The molecule has 0 amide bonds. The van der Waals surface area contributed by atoms with Crippen LogP contribution in [0.1, 0.15) is 18.5 Å². The topological polar surface area (TPSA) is 75.4 Å². The van der Waals surface area contributed by atoms with E-state index in [0.717, 1.165) is 5.56 Å². The second-order valence-corrected chi connectivity index (χ2v) is 5.32. The van der Waals surface area contributed by atoms with Crippen LogP contribution in [0.15, 0.2) is 36.4 Å². The summed E-state index contributed by atoms with van der Waals surface area (Å²) < 4.78 is 0. The average Bonchev–Trinajstić information content (AvgIpc) is 2.44. The first kappa shape index (κ1) is 15.4. The Bertz CT molecular complexity index is 651. The van der Waals surface area contributed by atoms with E-state index in [1.807, 2.05) is 6.92 Å². The maximum atomic E-state index is 10.6. The number of hydrogen-bond donors (Lipinski definition) is 2. The highest BCUT2D eigenvalue weighted by Gasteiger charge is 2.11. The number of nitrogens with zero attached hydrogens (tertiary/aromatic N) is 1. The SMILES string of the molecule is CC(Nc1cc(Cl)c(O)c(Cl)c1)c1ccc([N+](=O)[O-])cc1. The summed E-state index contributed by atoms with van der Waals surface area (Å²) in [4.78, 5) is 10.2. The molecule has 0 spiro atoms. The number of rotatable bonds is 4. The van der Waals surface area contributed by atoms with Crippen LogP contribution in [0, 0.1) is 10.1 Å². The van der Waals surface area contributed by atoms with Gasteiger partial charge in [0.1, 0.15) is 0 Å². The first-order valence-corrected chi connectivity index (χ1v) is 6.83. The number of hydrogen-bond acceptors (Lipinski definition) is 4. The van der Waals surface area contributed by atoms with Crippen LogP contribution < -0.4 is 5.32 Å². The fourth-order valence-corrected chi connectivity index (χ4v) is 2.35. The highest BCUT2D eigenvalue weighted by Crippen LogP contribution is 2.35. The molecule has 0 heterocycles. The molecule has 2 N–H and O–H groups in total. The first-order chi connectivity index (χ1) is 9.88. The zero-order valence-electron chi connectivity index (χ0n) is 11.0. The molecule has 1 atom stereocenters. The summed E-state index contributed by atoms with van der Waals surface area (Å²) in [5.41, 5.74) is 1.57. The van der Waals surface area contributed by atoms with Crippen LogP contribution in [0.25, 0.3) is 0 Å². The predicted molar refractivity (Wildman–Crippen MR) is 83.3 cm³/mol. The van der Waals surface area contributed by atoms with Gasteiger partial charge in [0.15, 0.2) is 5.75 Å². The van der Waals surface area contributed by atoms with Gasteiger partial charge >= 0.3 is 0 Å². The van der Waals surface area contributed by atoms with Crippen molar-refractivity contribution in [1.29, 1.82) is 0 Å². The molecule has 0 bridgehead atoms. The second kappa shape index (κ2) is 6.20. The minimum Gasteiger partial charge on any atom is -0.505 e. The second-order valence-electron chi connectivity index (χ2n) is 4.50. The maximum absolute atomic E-state index is 10.6. The van der Waals surface area contributed by atoms with Crippen LogP contribution in [0.4, 0.5) is 11.4 Å². The molecule has 0 aromatic heterocycles. The molecule has 0 aliphatic rings. The maximum Gasteiger partial charge on any atom is 0.269 e. The monoisotopic (exact) mass is 326 g/mol. The third-order valence-corrected chi connectivity index (χ3v) is 3.58. The number of halogens is 2. The van der Waals surface area contributed by atoms with Crippen molar-refractivity contribution in [1.82, 2.24) is 0 Å².